The van der Waals surface area contributed by atoms with Crippen LogP contribution in [0.25, 0.3) is 0 Å². The quantitative estimate of drug-likeness (QED) is 0.848. The topological polar surface area (TPSA) is 24.9 Å². The molecule has 0 aliphatic heterocycles. The second-order valence-electron chi connectivity index (χ2n) is 4.71. The van der Waals surface area contributed by atoms with Crippen LogP contribution in [0.4, 0.5) is 5.69 Å². The minimum atomic E-state index is 0.511. The van der Waals surface area contributed by atoms with Crippen LogP contribution in [-0.2, 0) is 12.8 Å². The Balaban J connectivity index is 1.71. The Morgan fingerprint density at radius 1 is 1.06 bits per heavy atom. The molecule has 86 valence electrons. The Labute approximate surface area is 102 Å². The van der Waals surface area contributed by atoms with Crippen molar-refractivity contribution in [2.45, 2.75) is 25.8 Å². The molecule has 1 aromatic heterocycles. The first-order chi connectivity index (χ1) is 8.31. The fraction of sp³-hybridized carbons (Fsp3) is 0.267. The Bertz CT molecular complexity index is 492. The molecule has 0 saturated carbocycles. The molecule has 2 nitrogen and oxygen atoms in total. The molecule has 2 aromatic rings. The number of fused-ring (bicyclic) bond motifs is 1. The number of aryl methyl sites for hydroxylation is 1. The molecule has 1 aromatic carbocycles. The second kappa shape index (κ2) is 4.21. The Morgan fingerprint density at radius 3 is 2.35 bits per heavy atom. The molecule has 2 heteroatoms. The first-order valence-corrected chi connectivity index (χ1v) is 6.07. The van der Waals surface area contributed by atoms with Gasteiger partial charge in [0, 0.05) is 11.7 Å². The number of nitrogens with one attached hydrogen (secondary N) is 1. The van der Waals surface area contributed by atoms with E-state index in [1.54, 1.807) is 0 Å². The first-order valence-electron chi connectivity index (χ1n) is 6.07. The lowest BCUT2D eigenvalue weighted by Gasteiger charge is -2.13. The standard InChI is InChI=1S/C15H16N2/c1-11-6-7-14(10-16-11)17-15-8-12-4-2-3-5-13(12)9-15/h2-7,10,15,17H,8-9H2,1H3. The van der Waals surface area contributed by atoms with Gasteiger partial charge in [-0.3, -0.25) is 4.98 Å². The van der Waals surface area contributed by atoms with Gasteiger partial charge in [0.25, 0.3) is 0 Å². The van der Waals surface area contributed by atoms with Crippen molar-refractivity contribution in [3.63, 3.8) is 0 Å². The molecule has 0 spiro atoms. The number of hydrogen-bond acceptors (Lipinski definition) is 2. The van der Waals surface area contributed by atoms with Gasteiger partial charge in [0.2, 0.25) is 0 Å². The number of nitrogens with zero attached hydrogens (tertiary/aromatic N) is 1. The van der Waals surface area contributed by atoms with Crippen LogP contribution in [0.1, 0.15) is 16.8 Å². The zero-order valence-corrected chi connectivity index (χ0v) is 9.98. The highest BCUT2D eigenvalue weighted by atomic mass is 14.9. The van der Waals surface area contributed by atoms with Gasteiger partial charge in [-0.05, 0) is 43.0 Å². The Kier molecular flexibility index (Phi) is 2.56. The van der Waals surface area contributed by atoms with E-state index in [0.29, 0.717) is 6.04 Å². The summed E-state index contributed by atoms with van der Waals surface area (Å²) in [6, 6.07) is 13.4. The van der Waals surface area contributed by atoms with Gasteiger partial charge in [0.1, 0.15) is 0 Å². The van der Waals surface area contributed by atoms with Gasteiger partial charge in [-0.25, -0.2) is 0 Å². The summed E-state index contributed by atoms with van der Waals surface area (Å²) in [5, 5.41) is 3.55. The molecule has 17 heavy (non-hydrogen) atoms. The number of rotatable bonds is 2. The van der Waals surface area contributed by atoms with Crippen LogP contribution >= 0.6 is 0 Å². The average molecular weight is 224 g/mol. The van der Waals surface area contributed by atoms with Crippen molar-refractivity contribution >= 4 is 5.69 Å². The zero-order chi connectivity index (χ0) is 11.7. The van der Waals surface area contributed by atoms with Gasteiger partial charge >= 0.3 is 0 Å². The summed E-state index contributed by atoms with van der Waals surface area (Å²) in [4.78, 5) is 4.31. The summed E-state index contributed by atoms with van der Waals surface area (Å²) >= 11 is 0. The number of hydrogen-bond donors (Lipinski definition) is 1. The maximum absolute atomic E-state index is 4.31. The van der Waals surface area contributed by atoms with Crippen LogP contribution in [-0.4, -0.2) is 11.0 Å². The maximum atomic E-state index is 4.31. The van der Waals surface area contributed by atoms with Gasteiger partial charge < -0.3 is 5.32 Å². The van der Waals surface area contributed by atoms with Gasteiger partial charge in [-0.1, -0.05) is 24.3 Å². The van der Waals surface area contributed by atoms with Crippen molar-refractivity contribution in [2.75, 3.05) is 5.32 Å². The smallest absolute Gasteiger partial charge is 0.0529 e. The number of aromatic nitrogens is 1. The average Bonchev–Trinajstić information content (AvgIpc) is 2.74. The molecule has 0 amide bonds. The molecule has 0 unspecified atom stereocenters. The molecule has 1 N–H and O–H groups in total. The van der Waals surface area contributed by atoms with E-state index in [2.05, 4.69) is 40.6 Å². The molecule has 0 radical (unpaired) electrons. The molecule has 0 atom stereocenters. The second-order valence-corrected chi connectivity index (χ2v) is 4.71. The number of anilines is 1. The molecule has 0 bridgehead atoms. The van der Waals surface area contributed by atoms with Gasteiger partial charge in [-0.2, -0.15) is 0 Å². The molecule has 3 rings (SSSR count). The summed E-state index contributed by atoms with van der Waals surface area (Å²) < 4.78 is 0. The van der Waals surface area contributed by atoms with E-state index in [9.17, 15) is 0 Å². The van der Waals surface area contributed by atoms with Crippen molar-refractivity contribution < 1.29 is 0 Å². The van der Waals surface area contributed by atoms with Gasteiger partial charge in [0.05, 0.1) is 11.9 Å². The molecule has 1 aliphatic rings. The normalized spacial score (nSPS) is 14.6. The van der Waals surface area contributed by atoms with E-state index in [0.717, 1.165) is 24.2 Å². The summed E-state index contributed by atoms with van der Waals surface area (Å²) in [5.41, 5.74) is 5.13. The minimum absolute atomic E-state index is 0.511. The van der Waals surface area contributed by atoms with E-state index in [1.165, 1.54) is 11.1 Å². The first kappa shape index (κ1) is 10.3. The SMILES string of the molecule is Cc1ccc(NC2Cc3ccccc3C2)cn1. The summed E-state index contributed by atoms with van der Waals surface area (Å²) in [6.45, 7) is 2.01. The lowest BCUT2D eigenvalue weighted by Crippen LogP contribution is -2.19. The van der Waals surface area contributed by atoms with Gasteiger partial charge in [-0.15, -0.1) is 0 Å². The predicted octanol–water partition coefficient (Wildman–Crippen LogP) is 2.97. The van der Waals surface area contributed by atoms with E-state index < -0.39 is 0 Å². The fourth-order valence-corrected chi connectivity index (χ4v) is 2.45. The number of benzene rings is 1. The van der Waals surface area contributed by atoms with Crippen molar-refractivity contribution in [2.24, 2.45) is 0 Å². The van der Waals surface area contributed by atoms with Crippen LogP contribution in [0, 0.1) is 6.92 Å². The lowest BCUT2D eigenvalue weighted by molar-refractivity contribution is 0.773. The highest BCUT2D eigenvalue weighted by molar-refractivity contribution is 5.45. The Morgan fingerprint density at radius 2 is 1.76 bits per heavy atom. The lowest BCUT2D eigenvalue weighted by atomic mass is 10.1. The fourth-order valence-electron chi connectivity index (χ4n) is 2.45. The molecule has 1 heterocycles. The van der Waals surface area contributed by atoms with Crippen molar-refractivity contribution in [1.82, 2.24) is 4.98 Å². The minimum Gasteiger partial charge on any atom is -0.380 e. The van der Waals surface area contributed by atoms with Crippen LogP contribution in [0.5, 0.6) is 0 Å². The van der Waals surface area contributed by atoms with E-state index >= 15 is 0 Å². The molecular weight excluding hydrogens is 208 g/mol. The van der Waals surface area contributed by atoms with E-state index in [1.807, 2.05) is 19.2 Å². The highest BCUT2D eigenvalue weighted by Gasteiger charge is 2.20. The zero-order valence-electron chi connectivity index (χ0n) is 9.98. The van der Waals surface area contributed by atoms with Crippen LogP contribution < -0.4 is 5.32 Å². The van der Waals surface area contributed by atoms with Gasteiger partial charge in [0.15, 0.2) is 0 Å². The van der Waals surface area contributed by atoms with Crippen molar-refractivity contribution in [3.05, 3.63) is 59.4 Å². The summed E-state index contributed by atoms with van der Waals surface area (Å²) in [5.74, 6) is 0. The molecular formula is C15H16N2. The molecule has 0 saturated heterocycles. The monoisotopic (exact) mass is 224 g/mol. The van der Waals surface area contributed by atoms with E-state index in [-0.39, 0.29) is 0 Å². The predicted molar refractivity (Wildman–Crippen MR) is 70.2 cm³/mol. The van der Waals surface area contributed by atoms with Crippen LogP contribution in [0.2, 0.25) is 0 Å². The molecule has 0 fully saturated rings. The van der Waals surface area contributed by atoms with Crippen molar-refractivity contribution in [3.8, 4) is 0 Å². The highest BCUT2D eigenvalue weighted by Crippen LogP contribution is 2.24. The molecule has 1 aliphatic carbocycles. The van der Waals surface area contributed by atoms with E-state index in [4.69, 9.17) is 0 Å². The number of pyridine rings is 1. The third kappa shape index (κ3) is 2.16. The largest absolute Gasteiger partial charge is 0.380 e. The summed E-state index contributed by atoms with van der Waals surface area (Å²) in [7, 11) is 0. The third-order valence-corrected chi connectivity index (χ3v) is 3.33. The maximum Gasteiger partial charge on any atom is 0.0529 e. The summed E-state index contributed by atoms with van der Waals surface area (Å²) in [6.07, 6.45) is 4.15. The van der Waals surface area contributed by atoms with Crippen LogP contribution in [0.3, 0.4) is 0 Å². The van der Waals surface area contributed by atoms with Crippen LogP contribution in [0.15, 0.2) is 42.6 Å². The third-order valence-electron chi connectivity index (χ3n) is 3.33. The van der Waals surface area contributed by atoms with Crippen molar-refractivity contribution in [1.29, 1.82) is 0 Å². The Hall–Kier alpha value is -1.83.